The Morgan fingerprint density at radius 3 is 2.45 bits per heavy atom. The number of phenolic OH excluding ortho intramolecular Hbond substituents is 1. The van der Waals surface area contributed by atoms with Crippen LogP contribution in [0, 0.1) is 5.92 Å². The van der Waals surface area contributed by atoms with E-state index in [9.17, 15) is 23.1 Å². The van der Waals surface area contributed by atoms with Crippen LogP contribution in [0.15, 0.2) is 26.6 Å². The maximum atomic E-state index is 12.6. The molecule has 0 bridgehead atoms. The Morgan fingerprint density at radius 1 is 1.19 bits per heavy atom. The first-order valence-corrected chi connectivity index (χ1v) is 11.8. The number of sulfonamides is 1. The second-order valence-corrected chi connectivity index (χ2v) is 9.65. The number of benzene rings is 1. The van der Waals surface area contributed by atoms with Crippen LogP contribution in [0.25, 0.3) is 0 Å². The highest BCUT2D eigenvalue weighted by Crippen LogP contribution is 2.39. The predicted molar refractivity (Wildman–Crippen MR) is 122 cm³/mol. The largest absolute Gasteiger partial charge is 0.504 e. The molecule has 0 saturated carbocycles. The Morgan fingerprint density at radius 2 is 1.84 bits per heavy atom. The summed E-state index contributed by atoms with van der Waals surface area (Å²) in [7, 11) is -1.97. The molecular weight excluding hydrogens is 446 g/mol. The summed E-state index contributed by atoms with van der Waals surface area (Å²) in [6, 6.07) is 2.57. The van der Waals surface area contributed by atoms with Crippen LogP contribution in [-0.2, 0) is 14.9 Å². The van der Waals surface area contributed by atoms with Crippen LogP contribution < -0.4 is 21.5 Å². The van der Waals surface area contributed by atoms with Gasteiger partial charge in [0.05, 0.1) is 17.8 Å². The zero-order valence-electron chi connectivity index (χ0n) is 18.0. The Kier molecular flexibility index (Phi) is 8.47. The fourth-order valence-electron chi connectivity index (χ4n) is 3.23. The predicted octanol–water partition coefficient (Wildman–Crippen LogP) is 3.20. The van der Waals surface area contributed by atoms with Gasteiger partial charge in [-0.2, -0.15) is 0 Å². The molecule has 0 radical (unpaired) electrons. The molecule has 2 aromatic rings. The summed E-state index contributed by atoms with van der Waals surface area (Å²) in [5, 5.41) is 15.9. The third-order valence-corrected chi connectivity index (χ3v) is 7.25. The van der Waals surface area contributed by atoms with Gasteiger partial charge in [0.25, 0.3) is 20.9 Å². The lowest BCUT2D eigenvalue weighted by Crippen LogP contribution is -2.37. The Labute approximate surface area is 186 Å². The van der Waals surface area contributed by atoms with Gasteiger partial charge in [0.15, 0.2) is 5.75 Å². The van der Waals surface area contributed by atoms with E-state index >= 15 is 0 Å². The van der Waals surface area contributed by atoms with Crippen LogP contribution in [0.1, 0.15) is 39.5 Å². The molecule has 0 spiro atoms. The lowest BCUT2D eigenvalue weighted by Gasteiger charge is -2.19. The third-order valence-electron chi connectivity index (χ3n) is 5.06. The average molecular weight is 474 g/mol. The van der Waals surface area contributed by atoms with Gasteiger partial charge < -0.3 is 15.7 Å². The summed E-state index contributed by atoms with van der Waals surface area (Å²) in [4.78, 5) is 28.1. The standard InChI is InChI=1S/C20H28ClN3O6S/c1-5-7-12(2)8-6-11-22-15-16(19(27)18(15)26)23-14-10-9-13(21)20(17(14)25)31(28,29)24(3)30-4/h9-10,12,22-23,25H,5-8,11H2,1-4H3. The topological polar surface area (TPSA) is 125 Å². The molecule has 2 rings (SSSR count). The quantitative estimate of drug-likeness (QED) is 0.186. The number of hydrogen-bond donors (Lipinski definition) is 3. The summed E-state index contributed by atoms with van der Waals surface area (Å²) in [6.45, 7) is 4.81. The minimum absolute atomic E-state index is 0.0346. The molecule has 0 amide bonds. The maximum absolute atomic E-state index is 12.6. The molecule has 0 aliphatic heterocycles. The van der Waals surface area contributed by atoms with Crippen molar-refractivity contribution in [1.29, 1.82) is 0 Å². The molecule has 0 aliphatic carbocycles. The van der Waals surface area contributed by atoms with E-state index in [2.05, 4.69) is 24.5 Å². The van der Waals surface area contributed by atoms with Crippen molar-refractivity contribution in [2.45, 2.75) is 44.4 Å². The molecule has 0 aliphatic rings. The normalized spacial score (nSPS) is 13.0. The molecule has 0 heterocycles. The number of hydrogen-bond acceptors (Lipinski definition) is 8. The fraction of sp³-hybridized carbons (Fsp3) is 0.500. The summed E-state index contributed by atoms with van der Waals surface area (Å²) in [5.41, 5.74) is -1.42. The number of nitrogens with zero attached hydrogens (tertiary/aromatic N) is 1. The van der Waals surface area contributed by atoms with Crippen molar-refractivity contribution < 1.29 is 18.4 Å². The second-order valence-electron chi connectivity index (χ2n) is 7.37. The van der Waals surface area contributed by atoms with E-state index in [0.717, 1.165) is 39.8 Å². The molecule has 3 N–H and O–H groups in total. The molecule has 1 atom stereocenters. The van der Waals surface area contributed by atoms with Crippen LogP contribution in [-0.4, -0.2) is 38.7 Å². The highest BCUT2D eigenvalue weighted by Gasteiger charge is 2.30. The maximum Gasteiger partial charge on any atom is 0.269 e. The van der Waals surface area contributed by atoms with Crippen molar-refractivity contribution in [2.75, 3.05) is 31.3 Å². The van der Waals surface area contributed by atoms with E-state index in [0.29, 0.717) is 16.9 Å². The van der Waals surface area contributed by atoms with Gasteiger partial charge >= 0.3 is 0 Å². The Hall–Kier alpha value is -2.14. The minimum atomic E-state index is -4.26. The molecule has 172 valence electrons. The first kappa shape index (κ1) is 25.1. The van der Waals surface area contributed by atoms with Crippen molar-refractivity contribution in [3.8, 4) is 5.75 Å². The number of halogens is 1. The minimum Gasteiger partial charge on any atom is -0.504 e. The third kappa shape index (κ3) is 5.38. The zero-order valence-corrected chi connectivity index (χ0v) is 19.6. The summed E-state index contributed by atoms with van der Waals surface area (Å²) in [6.07, 6.45) is 4.07. The van der Waals surface area contributed by atoms with Crippen molar-refractivity contribution in [3.05, 3.63) is 37.6 Å². The molecule has 0 fully saturated rings. The Bertz CT molecular complexity index is 1100. The molecule has 0 saturated heterocycles. The number of rotatable bonds is 12. The number of anilines is 3. The molecule has 1 unspecified atom stereocenters. The molecule has 2 aromatic carbocycles. The second kappa shape index (κ2) is 10.4. The van der Waals surface area contributed by atoms with Gasteiger partial charge in [0.1, 0.15) is 16.3 Å². The van der Waals surface area contributed by atoms with Crippen molar-refractivity contribution >= 4 is 38.7 Å². The smallest absolute Gasteiger partial charge is 0.269 e. The number of aromatic hydroxyl groups is 1. The van der Waals surface area contributed by atoms with Crippen LogP contribution in [0.2, 0.25) is 5.02 Å². The molecule has 9 nitrogen and oxygen atoms in total. The number of hydroxylamine groups is 1. The lowest BCUT2D eigenvalue weighted by molar-refractivity contribution is -0.0259. The molecular formula is C20H28ClN3O6S. The van der Waals surface area contributed by atoms with Crippen LogP contribution in [0.5, 0.6) is 5.75 Å². The van der Waals surface area contributed by atoms with Crippen LogP contribution in [0.4, 0.5) is 17.1 Å². The SMILES string of the molecule is CCCC(C)CCCNc1c(Nc2ccc(Cl)c(S(=O)(=O)N(C)OC)c2O)c(=O)c1=O. The van der Waals surface area contributed by atoms with Gasteiger partial charge in [0, 0.05) is 13.6 Å². The van der Waals surface area contributed by atoms with Crippen LogP contribution in [0.3, 0.4) is 0 Å². The fourth-order valence-corrected chi connectivity index (χ4v) is 4.80. The highest BCUT2D eigenvalue weighted by atomic mass is 35.5. The molecule has 11 heteroatoms. The zero-order chi connectivity index (χ0) is 23.3. The van der Waals surface area contributed by atoms with E-state index in [1.165, 1.54) is 12.1 Å². The summed E-state index contributed by atoms with van der Waals surface area (Å²) < 4.78 is 25.7. The first-order valence-electron chi connectivity index (χ1n) is 9.94. The van der Waals surface area contributed by atoms with Gasteiger partial charge in [-0.15, -0.1) is 0 Å². The van der Waals surface area contributed by atoms with Gasteiger partial charge in [-0.05, 0) is 30.9 Å². The van der Waals surface area contributed by atoms with Crippen molar-refractivity contribution in [3.63, 3.8) is 0 Å². The molecule has 0 aromatic heterocycles. The van der Waals surface area contributed by atoms with Crippen molar-refractivity contribution in [1.82, 2.24) is 4.47 Å². The van der Waals surface area contributed by atoms with Gasteiger partial charge in [-0.3, -0.25) is 14.4 Å². The van der Waals surface area contributed by atoms with E-state index in [1.807, 2.05) is 0 Å². The van der Waals surface area contributed by atoms with E-state index in [1.54, 1.807) is 0 Å². The first-order chi connectivity index (χ1) is 14.6. The van der Waals surface area contributed by atoms with E-state index in [-0.39, 0.29) is 22.1 Å². The van der Waals surface area contributed by atoms with Gasteiger partial charge in [-0.1, -0.05) is 42.8 Å². The van der Waals surface area contributed by atoms with Crippen LogP contribution >= 0.6 is 11.6 Å². The summed E-state index contributed by atoms with van der Waals surface area (Å²) >= 11 is 5.99. The van der Waals surface area contributed by atoms with E-state index < -0.39 is 31.5 Å². The monoisotopic (exact) mass is 473 g/mol. The summed E-state index contributed by atoms with van der Waals surface area (Å²) in [5.74, 6) is -0.113. The lowest BCUT2D eigenvalue weighted by atomic mass is 10.0. The van der Waals surface area contributed by atoms with Crippen molar-refractivity contribution in [2.24, 2.45) is 5.92 Å². The van der Waals surface area contributed by atoms with Gasteiger partial charge in [-0.25, -0.2) is 8.42 Å². The van der Waals surface area contributed by atoms with E-state index in [4.69, 9.17) is 16.4 Å². The highest BCUT2D eigenvalue weighted by molar-refractivity contribution is 7.89. The molecule has 31 heavy (non-hydrogen) atoms. The average Bonchev–Trinajstić information content (AvgIpc) is 2.72. The Balaban J connectivity index is 2.23. The van der Waals surface area contributed by atoms with Gasteiger partial charge in [0.2, 0.25) is 0 Å². The number of nitrogens with one attached hydrogen (secondary N) is 2. The number of phenols is 1.